The number of allylic oxidation sites excluding steroid dienone is 1. The van der Waals surface area contributed by atoms with Crippen LogP contribution in [0.2, 0.25) is 0 Å². The van der Waals surface area contributed by atoms with E-state index in [1.54, 1.807) is 0 Å². The SMILES string of the molecule is CCCc1cc2c(c3ccccc13)C=CCC2.Cc1ccc(C)cc1.Cc1ccc2c(c1)C(C)(C)c1cc(-c3ccc(-c4ccccc4)cc3)ccc1-2. The lowest BCUT2D eigenvalue weighted by Crippen LogP contribution is -2.15. The lowest BCUT2D eigenvalue weighted by atomic mass is 9.81. The first-order valence-corrected chi connectivity index (χ1v) is 19.4. The van der Waals surface area contributed by atoms with E-state index in [0.717, 1.165) is 0 Å². The van der Waals surface area contributed by atoms with Crippen molar-refractivity contribution in [2.24, 2.45) is 0 Å². The molecule has 0 heteroatoms. The van der Waals surface area contributed by atoms with Crippen LogP contribution in [0.3, 0.4) is 0 Å². The molecule has 0 bridgehead atoms. The van der Waals surface area contributed by atoms with Crippen LogP contribution in [0.5, 0.6) is 0 Å². The van der Waals surface area contributed by atoms with E-state index in [-0.39, 0.29) is 5.41 Å². The van der Waals surface area contributed by atoms with Crippen molar-refractivity contribution in [2.45, 2.75) is 72.6 Å². The van der Waals surface area contributed by atoms with Crippen LogP contribution >= 0.6 is 0 Å². The Hall–Kier alpha value is -5.46. The quantitative estimate of drug-likeness (QED) is 0.173. The van der Waals surface area contributed by atoms with Crippen molar-refractivity contribution in [1.82, 2.24) is 0 Å². The molecule has 0 fully saturated rings. The van der Waals surface area contributed by atoms with Crippen molar-refractivity contribution in [3.63, 3.8) is 0 Å². The molecule has 0 atom stereocenters. The molecule has 2 aliphatic carbocycles. The predicted molar refractivity (Wildman–Crippen MR) is 231 cm³/mol. The van der Waals surface area contributed by atoms with Crippen LogP contribution in [0.25, 0.3) is 50.2 Å². The summed E-state index contributed by atoms with van der Waals surface area (Å²) in [4.78, 5) is 0. The molecular weight excluding hydrogens is 637 g/mol. The Morgan fingerprint density at radius 1 is 0.509 bits per heavy atom. The van der Waals surface area contributed by atoms with E-state index in [1.807, 2.05) is 0 Å². The summed E-state index contributed by atoms with van der Waals surface area (Å²) in [7, 11) is 0. The molecule has 0 radical (unpaired) electrons. The van der Waals surface area contributed by atoms with Gasteiger partial charge in [-0.1, -0.05) is 196 Å². The first-order valence-electron chi connectivity index (χ1n) is 19.4. The van der Waals surface area contributed by atoms with Gasteiger partial charge in [0.25, 0.3) is 0 Å². The molecule has 9 rings (SSSR count). The van der Waals surface area contributed by atoms with Gasteiger partial charge < -0.3 is 0 Å². The highest BCUT2D eigenvalue weighted by atomic mass is 14.4. The summed E-state index contributed by atoms with van der Waals surface area (Å²) in [6.45, 7) is 13.3. The number of hydrogen-bond acceptors (Lipinski definition) is 0. The first kappa shape index (κ1) is 35.9. The molecule has 0 aliphatic heterocycles. The molecule has 7 aromatic carbocycles. The smallest absolute Gasteiger partial charge is 0.0159 e. The van der Waals surface area contributed by atoms with Crippen molar-refractivity contribution in [1.29, 1.82) is 0 Å². The second-order valence-corrected chi connectivity index (χ2v) is 15.4. The Bertz CT molecular complexity index is 2350. The largest absolute Gasteiger partial charge is 0.0836 e. The van der Waals surface area contributed by atoms with E-state index in [4.69, 9.17) is 0 Å². The minimum absolute atomic E-state index is 0.0384. The summed E-state index contributed by atoms with van der Waals surface area (Å²) in [5, 5.41) is 2.88. The van der Waals surface area contributed by atoms with E-state index < -0.39 is 0 Å². The number of rotatable bonds is 4. The number of benzene rings is 7. The molecule has 0 aromatic heterocycles. The summed E-state index contributed by atoms with van der Waals surface area (Å²) < 4.78 is 0. The zero-order chi connectivity index (χ0) is 37.0. The highest BCUT2D eigenvalue weighted by Gasteiger charge is 2.35. The van der Waals surface area contributed by atoms with Gasteiger partial charge >= 0.3 is 0 Å². The molecule has 0 spiro atoms. The maximum absolute atomic E-state index is 2.44. The Morgan fingerprint density at radius 3 is 1.70 bits per heavy atom. The summed E-state index contributed by atoms with van der Waals surface area (Å²) in [6, 6.07) is 53.1. The van der Waals surface area contributed by atoms with E-state index in [1.165, 1.54) is 114 Å². The minimum Gasteiger partial charge on any atom is -0.0836 e. The van der Waals surface area contributed by atoms with Gasteiger partial charge in [0.1, 0.15) is 0 Å². The fourth-order valence-electron chi connectivity index (χ4n) is 8.01. The Kier molecular flexibility index (Phi) is 10.6. The van der Waals surface area contributed by atoms with E-state index in [2.05, 4.69) is 199 Å². The highest BCUT2D eigenvalue weighted by molar-refractivity contribution is 5.95. The molecule has 53 heavy (non-hydrogen) atoms. The van der Waals surface area contributed by atoms with Gasteiger partial charge in [-0.2, -0.15) is 0 Å². The first-order chi connectivity index (χ1) is 25.7. The molecule has 0 heterocycles. The zero-order valence-corrected chi connectivity index (χ0v) is 32.3. The topological polar surface area (TPSA) is 0 Å². The number of aryl methyl sites for hydroxylation is 5. The van der Waals surface area contributed by atoms with Crippen molar-refractivity contribution >= 4 is 16.8 Å². The third-order valence-electron chi connectivity index (χ3n) is 11.0. The molecule has 0 unspecified atom stereocenters. The average molecular weight is 689 g/mol. The second-order valence-electron chi connectivity index (χ2n) is 15.4. The Balaban J connectivity index is 0.000000146. The molecular formula is C53H52. The molecule has 0 saturated heterocycles. The normalized spacial score (nSPS) is 13.2. The summed E-state index contributed by atoms with van der Waals surface area (Å²) in [6.07, 6.45) is 9.41. The van der Waals surface area contributed by atoms with Crippen LogP contribution in [0.4, 0.5) is 0 Å². The molecule has 264 valence electrons. The third-order valence-corrected chi connectivity index (χ3v) is 11.0. The van der Waals surface area contributed by atoms with Crippen LogP contribution in [0, 0.1) is 20.8 Å². The van der Waals surface area contributed by atoms with Crippen LogP contribution < -0.4 is 0 Å². The Morgan fingerprint density at radius 2 is 1.04 bits per heavy atom. The predicted octanol–water partition coefficient (Wildman–Crippen LogP) is 14.7. The maximum atomic E-state index is 2.44. The second kappa shape index (κ2) is 15.6. The van der Waals surface area contributed by atoms with Crippen LogP contribution in [-0.4, -0.2) is 0 Å². The third kappa shape index (κ3) is 7.69. The monoisotopic (exact) mass is 688 g/mol. The van der Waals surface area contributed by atoms with Crippen LogP contribution in [0.15, 0.2) is 152 Å². The fraction of sp³-hybridized carbons (Fsp3) is 0.208. The van der Waals surface area contributed by atoms with Crippen molar-refractivity contribution < 1.29 is 0 Å². The summed E-state index contributed by atoms with van der Waals surface area (Å²) in [5.41, 5.74) is 19.3. The zero-order valence-electron chi connectivity index (χ0n) is 32.3. The van der Waals surface area contributed by atoms with Gasteiger partial charge in [0.05, 0.1) is 0 Å². The molecule has 0 nitrogen and oxygen atoms in total. The van der Waals surface area contributed by atoms with Gasteiger partial charge in [0, 0.05) is 5.41 Å². The standard InChI is InChI=1S/C28H24.C17H18.C8H10/c1-19-9-15-24-25-16-14-23(18-27(25)28(2,3)26(24)17-19)22-12-10-21(11-13-22)20-7-5-4-6-8-20;1-2-7-13-12-14-8-3-4-9-16(14)17-11-6-5-10-15(13)17;1-7-3-5-8(2)6-4-7/h4-18H,1-3H3;4-6,9-12H,2-3,7-8H2,1H3;3-6H,1-2H3. The molecule has 7 aromatic rings. The number of hydrogen-bond donors (Lipinski definition) is 0. The van der Waals surface area contributed by atoms with Gasteiger partial charge in [-0.05, 0) is 118 Å². The van der Waals surface area contributed by atoms with Crippen LogP contribution in [0.1, 0.15) is 78.1 Å². The number of fused-ring (bicyclic) bond motifs is 6. The average Bonchev–Trinajstić information content (AvgIpc) is 3.41. The molecule has 0 amide bonds. The van der Waals surface area contributed by atoms with Gasteiger partial charge in [-0.15, -0.1) is 0 Å². The van der Waals surface area contributed by atoms with Crippen molar-refractivity contribution in [2.75, 3.05) is 0 Å². The molecule has 0 saturated carbocycles. The van der Waals surface area contributed by atoms with Gasteiger partial charge in [0.15, 0.2) is 0 Å². The summed E-state index contributed by atoms with van der Waals surface area (Å²) in [5.74, 6) is 0. The van der Waals surface area contributed by atoms with E-state index >= 15 is 0 Å². The van der Waals surface area contributed by atoms with Gasteiger partial charge in [-0.25, -0.2) is 0 Å². The lowest BCUT2D eigenvalue weighted by Gasteiger charge is -2.22. The van der Waals surface area contributed by atoms with E-state index in [9.17, 15) is 0 Å². The maximum Gasteiger partial charge on any atom is 0.0159 e. The molecule has 0 N–H and O–H groups in total. The van der Waals surface area contributed by atoms with Crippen LogP contribution in [-0.2, 0) is 18.3 Å². The highest BCUT2D eigenvalue weighted by Crippen LogP contribution is 2.50. The lowest BCUT2D eigenvalue weighted by molar-refractivity contribution is 0.660. The van der Waals surface area contributed by atoms with E-state index in [0.29, 0.717) is 0 Å². The Labute approximate surface area is 317 Å². The van der Waals surface area contributed by atoms with Crippen molar-refractivity contribution in [3.8, 4) is 33.4 Å². The molecule has 2 aliphatic rings. The fourth-order valence-corrected chi connectivity index (χ4v) is 8.01. The summed E-state index contributed by atoms with van der Waals surface area (Å²) >= 11 is 0. The minimum atomic E-state index is 0.0384. The van der Waals surface area contributed by atoms with Gasteiger partial charge in [0.2, 0.25) is 0 Å². The van der Waals surface area contributed by atoms with Gasteiger partial charge in [-0.3, -0.25) is 0 Å². The van der Waals surface area contributed by atoms with Crippen molar-refractivity contribution in [3.05, 3.63) is 196 Å².